The zero-order valence-electron chi connectivity index (χ0n) is 19.1. The van der Waals surface area contributed by atoms with Gasteiger partial charge in [-0.3, -0.25) is 4.79 Å². The van der Waals surface area contributed by atoms with Gasteiger partial charge in [-0.25, -0.2) is 0 Å². The fourth-order valence-electron chi connectivity index (χ4n) is 4.42. The number of carbonyl (C=O) groups excluding carboxylic acids is 1. The quantitative estimate of drug-likeness (QED) is 0.234. The zero-order chi connectivity index (χ0) is 21.7. The van der Waals surface area contributed by atoms with Gasteiger partial charge in [0.05, 0.1) is 0 Å². The van der Waals surface area contributed by atoms with Gasteiger partial charge in [-0.2, -0.15) is 13.2 Å². The number of unbranched alkanes of at least 4 members (excludes halogenated alkanes) is 10. The van der Waals surface area contributed by atoms with E-state index in [0.29, 0.717) is 12.2 Å². The molecule has 168 valence electrons. The third-order valence-corrected chi connectivity index (χ3v) is 6.38. The van der Waals surface area contributed by atoms with Crippen LogP contribution in [-0.2, 0) is 4.79 Å². The number of alkyl halides is 3. The van der Waals surface area contributed by atoms with Crippen molar-refractivity contribution in [3.8, 4) is 0 Å². The molecule has 0 spiro atoms. The molecule has 0 saturated carbocycles. The monoisotopic (exact) mass is 406 g/mol. The summed E-state index contributed by atoms with van der Waals surface area (Å²) in [5, 5.41) is 0. The van der Waals surface area contributed by atoms with E-state index in [-0.39, 0.29) is 17.3 Å². The van der Waals surface area contributed by atoms with Crippen LogP contribution in [0.3, 0.4) is 0 Å². The average Bonchev–Trinajstić information content (AvgIpc) is 2.55. The third-order valence-electron chi connectivity index (χ3n) is 6.38. The molecule has 0 aliphatic rings. The lowest BCUT2D eigenvalue weighted by Gasteiger charge is -2.43. The van der Waals surface area contributed by atoms with Crippen molar-refractivity contribution in [3.05, 3.63) is 0 Å². The summed E-state index contributed by atoms with van der Waals surface area (Å²) in [6, 6.07) is 0. The maximum atomic E-state index is 12.7. The summed E-state index contributed by atoms with van der Waals surface area (Å²) < 4.78 is 36.5. The Labute approximate surface area is 172 Å². The summed E-state index contributed by atoms with van der Waals surface area (Å²) >= 11 is 0. The Hall–Kier alpha value is -0.540. The predicted molar refractivity (Wildman–Crippen MR) is 114 cm³/mol. The number of hydrogen-bond donors (Lipinski definition) is 0. The van der Waals surface area contributed by atoms with Crippen LogP contribution in [0.2, 0.25) is 0 Å². The molecule has 0 bridgehead atoms. The van der Waals surface area contributed by atoms with Gasteiger partial charge in [0, 0.05) is 11.8 Å². The van der Waals surface area contributed by atoms with Crippen LogP contribution >= 0.6 is 0 Å². The van der Waals surface area contributed by atoms with Crippen LogP contribution in [0.25, 0.3) is 0 Å². The van der Waals surface area contributed by atoms with Crippen LogP contribution in [0.5, 0.6) is 0 Å². The molecule has 4 heteroatoms. The molecule has 0 aromatic heterocycles. The molecular formula is C24H45F3O. The Morgan fingerprint density at radius 3 is 1.32 bits per heavy atom. The second-order valence-corrected chi connectivity index (χ2v) is 9.64. The van der Waals surface area contributed by atoms with Crippen LogP contribution in [0.1, 0.15) is 131 Å². The van der Waals surface area contributed by atoms with Gasteiger partial charge in [0.25, 0.3) is 0 Å². The maximum absolute atomic E-state index is 12.7. The molecule has 0 aromatic carbocycles. The molecule has 0 amide bonds. The highest BCUT2D eigenvalue weighted by atomic mass is 19.4. The normalized spacial score (nSPS) is 14.9. The molecule has 0 aliphatic heterocycles. The van der Waals surface area contributed by atoms with Crippen LogP contribution < -0.4 is 0 Å². The van der Waals surface area contributed by atoms with Crippen molar-refractivity contribution < 1.29 is 18.0 Å². The smallest absolute Gasteiger partial charge is 0.299 e. The summed E-state index contributed by atoms with van der Waals surface area (Å²) in [6.07, 6.45) is 9.27. The Kier molecular flexibility index (Phi) is 13.4. The van der Waals surface area contributed by atoms with Gasteiger partial charge in [0.1, 0.15) is 5.78 Å². The molecular weight excluding hydrogens is 361 g/mol. The van der Waals surface area contributed by atoms with E-state index in [1.807, 2.05) is 0 Å². The van der Waals surface area contributed by atoms with Crippen molar-refractivity contribution >= 4 is 5.78 Å². The molecule has 0 saturated heterocycles. The highest BCUT2D eigenvalue weighted by Gasteiger charge is 2.44. The number of halogens is 3. The Morgan fingerprint density at radius 2 is 1.00 bits per heavy atom. The van der Waals surface area contributed by atoms with Crippen LogP contribution in [-0.4, -0.2) is 12.0 Å². The molecule has 0 aromatic rings. The van der Waals surface area contributed by atoms with Crippen molar-refractivity contribution in [2.45, 2.75) is 137 Å². The van der Waals surface area contributed by atoms with Crippen molar-refractivity contribution in [2.75, 3.05) is 0 Å². The van der Waals surface area contributed by atoms with E-state index in [1.54, 1.807) is 6.92 Å². The first-order chi connectivity index (χ1) is 13.0. The molecule has 0 rings (SSSR count). The number of ketones is 1. The molecule has 0 fully saturated rings. The van der Waals surface area contributed by atoms with Gasteiger partial charge in [-0.15, -0.1) is 0 Å². The fraction of sp³-hybridized carbons (Fsp3) is 0.958. The largest absolute Gasteiger partial charge is 0.389 e. The van der Waals surface area contributed by atoms with Crippen molar-refractivity contribution in [2.24, 2.45) is 10.8 Å². The molecule has 0 heterocycles. The molecule has 28 heavy (non-hydrogen) atoms. The number of rotatable bonds is 16. The molecule has 1 unspecified atom stereocenters. The minimum atomic E-state index is -4.02. The van der Waals surface area contributed by atoms with Gasteiger partial charge in [-0.1, -0.05) is 98.3 Å². The lowest BCUT2D eigenvalue weighted by atomic mass is 9.59. The standard InChI is InChI=1S/C24H45F3O/c1-6-7-8-9-12-15-18-23(21(2)28,22(3,4)5)19-16-13-10-11-14-17-20-24(25,26)27/h6-20H2,1-5H3. The Morgan fingerprint density at radius 1 is 0.643 bits per heavy atom. The van der Waals surface area contributed by atoms with E-state index < -0.39 is 12.6 Å². The van der Waals surface area contributed by atoms with E-state index >= 15 is 0 Å². The maximum Gasteiger partial charge on any atom is 0.389 e. The fourth-order valence-corrected chi connectivity index (χ4v) is 4.42. The van der Waals surface area contributed by atoms with E-state index in [0.717, 1.165) is 44.9 Å². The number of hydrogen-bond acceptors (Lipinski definition) is 1. The van der Waals surface area contributed by atoms with E-state index in [4.69, 9.17) is 0 Å². The highest BCUT2D eigenvalue weighted by Crippen LogP contribution is 2.48. The molecule has 0 aliphatic carbocycles. The SMILES string of the molecule is CCCCCCCCC(CCCCCCCCC(F)(F)F)(C(C)=O)C(C)(C)C. The molecule has 0 N–H and O–H groups in total. The first kappa shape index (κ1) is 27.5. The summed E-state index contributed by atoms with van der Waals surface area (Å²) in [7, 11) is 0. The van der Waals surface area contributed by atoms with Gasteiger partial charge in [0.15, 0.2) is 0 Å². The van der Waals surface area contributed by atoms with Crippen LogP contribution in [0.15, 0.2) is 0 Å². The van der Waals surface area contributed by atoms with Crippen LogP contribution in [0.4, 0.5) is 13.2 Å². The summed E-state index contributed by atoms with van der Waals surface area (Å²) in [4.78, 5) is 12.7. The summed E-state index contributed by atoms with van der Waals surface area (Å²) in [6.45, 7) is 10.5. The highest BCUT2D eigenvalue weighted by molar-refractivity contribution is 5.83. The van der Waals surface area contributed by atoms with E-state index in [1.165, 1.54) is 32.1 Å². The number of Topliss-reactive ketones (excluding diaryl/α,β-unsaturated/α-hetero) is 1. The van der Waals surface area contributed by atoms with Gasteiger partial charge in [0.2, 0.25) is 0 Å². The summed E-state index contributed by atoms with van der Waals surface area (Å²) in [5.74, 6) is 0.304. The third kappa shape index (κ3) is 11.5. The zero-order valence-corrected chi connectivity index (χ0v) is 19.1. The average molecular weight is 407 g/mol. The Balaban J connectivity index is 4.37. The summed E-state index contributed by atoms with van der Waals surface area (Å²) in [5.41, 5.74) is -0.330. The van der Waals surface area contributed by atoms with E-state index in [2.05, 4.69) is 27.7 Å². The minimum absolute atomic E-state index is 0.0606. The molecule has 0 radical (unpaired) electrons. The Bertz CT molecular complexity index is 409. The molecule has 1 nitrogen and oxygen atoms in total. The second-order valence-electron chi connectivity index (χ2n) is 9.64. The second kappa shape index (κ2) is 13.6. The van der Waals surface area contributed by atoms with Gasteiger partial charge in [-0.05, 0) is 31.6 Å². The van der Waals surface area contributed by atoms with Crippen molar-refractivity contribution in [3.63, 3.8) is 0 Å². The van der Waals surface area contributed by atoms with Gasteiger partial charge >= 0.3 is 6.18 Å². The topological polar surface area (TPSA) is 17.1 Å². The first-order valence-electron chi connectivity index (χ1n) is 11.5. The lowest BCUT2D eigenvalue weighted by molar-refractivity contribution is -0.136. The first-order valence-corrected chi connectivity index (χ1v) is 11.5. The van der Waals surface area contributed by atoms with Crippen molar-refractivity contribution in [1.29, 1.82) is 0 Å². The lowest BCUT2D eigenvalue weighted by Crippen LogP contribution is -2.42. The molecule has 1 atom stereocenters. The van der Waals surface area contributed by atoms with Crippen molar-refractivity contribution in [1.82, 2.24) is 0 Å². The van der Waals surface area contributed by atoms with E-state index in [9.17, 15) is 18.0 Å². The predicted octanol–water partition coefficient (Wildman–Crippen LogP) is 9.04. The van der Waals surface area contributed by atoms with Crippen LogP contribution in [0, 0.1) is 10.8 Å². The number of carbonyl (C=O) groups is 1. The van der Waals surface area contributed by atoms with Gasteiger partial charge < -0.3 is 0 Å². The minimum Gasteiger partial charge on any atom is -0.299 e.